The van der Waals surface area contributed by atoms with E-state index in [4.69, 9.17) is 14.6 Å². The zero-order chi connectivity index (χ0) is 16.2. The van der Waals surface area contributed by atoms with Crippen LogP contribution in [0.1, 0.15) is 26.3 Å². The zero-order valence-corrected chi connectivity index (χ0v) is 14.1. The normalized spacial score (nSPS) is 11.0. The van der Waals surface area contributed by atoms with Crippen LogP contribution >= 0.6 is 0 Å². The first-order chi connectivity index (χ1) is 10.7. The maximum absolute atomic E-state index is 8.85. The Hall–Kier alpha value is -1.30. The molecule has 2 N–H and O–H groups in total. The molecule has 0 amide bonds. The number of aliphatic hydroxyl groups excluding tert-OH is 1. The maximum Gasteiger partial charge on any atom is 0.161 e. The Balaban J connectivity index is 2.51. The van der Waals surface area contributed by atoms with Gasteiger partial charge in [0.1, 0.15) is 6.61 Å². The molecule has 0 aliphatic carbocycles. The molecule has 0 spiro atoms. The fourth-order valence-corrected chi connectivity index (χ4v) is 2.22. The molecule has 0 unspecified atom stereocenters. The Morgan fingerprint density at radius 1 is 1.09 bits per heavy atom. The third-order valence-corrected chi connectivity index (χ3v) is 3.49. The Labute approximate surface area is 134 Å². The van der Waals surface area contributed by atoms with Crippen molar-refractivity contribution in [2.45, 2.75) is 27.3 Å². The molecule has 0 aliphatic heterocycles. The molecule has 5 heteroatoms. The van der Waals surface area contributed by atoms with Crippen molar-refractivity contribution >= 4 is 0 Å². The van der Waals surface area contributed by atoms with Crippen molar-refractivity contribution in [3.05, 3.63) is 23.8 Å². The molecule has 126 valence electrons. The number of aliphatic hydroxyl groups is 1. The van der Waals surface area contributed by atoms with E-state index in [1.807, 2.05) is 25.1 Å². The van der Waals surface area contributed by atoms with Crippen molar-refractivity contribution in [1.82, 2.24) is 10.2 Å². The van der Waals surface area contributed by atoms with Crippen LogP contribution in [-0.2, 0) is 6.54 Å². The molecular weight excluding hydrogens is 280 g/mol. The smallest absolute Gasteiger partial charge is 0.161 e. The lowest BCUT2D eigenvalue weighted by Crippen LogP contribution is -2.31. The van der Waals surface area contributed by atoms with Crippen molar-refractivity contribution in [3.63, 3.8) is 0 Å². The molecule has 0 aliphatic rings. The molecule has 0 bridgehead atoms. The van der Waals surface area contributed by atoms with Crippen molar-refractivity contribution in [1.29, 1.82) is 0 Å². The van der Waals surface area contributed by atoms with Gasteiger partial charge in [0.2, 0.25) is 0 Å². The van der Waals surface area contributed by atoms with Crippen LogP contribution in [0.2, 0.25) is 0 Å². The second-order valence-electron chi connectivity index (χ2n) is 4.99. The van der Waals surface area contributed by atoms with Gasteiger partial charge in [-0.1, -0.05) is 19.9 Å². The van der Waals surface area contributed by atoms with Crippen LogP contribution in [-0.4, -0.2) is 56.0 Å². The summed E-state index contributed by atoms with van der Waals surface area (Å²) in [5.41, 5.74) is 1.17. The zero-order valence-electron chi connectivity index (χ0n) is 14.1. The van der Waals surface area contributed by atoms with Crippen LogP contribution in [0, 0.1) is 0 Å². The number of benzene rings is 1. The van der Waals surface area contributed by atoms with Gasteiger partial charge < -0.3 is 24.8 Å². The summed E-state index contributed by atoms with van der Waals surface area (Å²) in [5.74, 6) is 1.42. The van der Waals surface area contributed by atoms with Crippen LogP contribution in [0.25, 0.3) is 0 Å². The monoisotopic (exact) mass is 310 g/mol. The molecule has 1 aromatic rings. The summed E-state index contributed by atoms with van der Waals surface area (Å²) in [6.07, 6.45) is 0. The summed E-state index contributed by atoms with van der Waals surface area (Å²) >= 11 is 0. The molecule has 0 saturated heterocycles. The van der Waals surface area contributed by atoms with Gasteiger partial charge in [-0.2, -0.15) is 0 Å². The lowest BCUT2D eigenvalue weighted by molar-refractivity contribution is 0.194. The fourth-order valence-electron chi connectivity index (χ4n) is 2.22. The summed E-state index contributed by atoms with van der Waals surface area (Å²) in [6.45, 7) is 12.2. The summed E-state index contributed by atoms with van der Waals surface area (Å²) in [5, 5.41) is 12.3. The molecule has 0 fully saturated rings. The van der Waals surface area contributed by atoms with Gasteiger partial charge in [0.25, 0.3) is 0 Å². The molecule has 0 heterocycles. The lowest BCUT2D eigenvalue weighted by Gasteiger charge is -2.18. The Kier molecular flexibility index (Phi) is 9.62. The molecule has 0 aromatic heterocycles. The molecule has 1 aromatic carbocycles. The number of hydrogen-bond acceptors (Lipinski definition) is 5. The predicted octanol–water partition coefficient (Wildman–Crippen LogP) is 1.89. The van der Waals surface area contributed by atoms with Gasteiger partial charge in [0.05, 0.1) is 13.2 Å². The van der Waals surface area contributed by atoms with Crippen molar-refractivity contribution in [3.8, 4) is 11.5 Å². The molecular formula is C17H30N2O3. The van der Waals surface area contributed by atoms with Crippen LogP contribution in [0.4, 0.5) is 0 Å². The topological polar surface area (TPSA) is 54.0 Å². The van der Waals surface area contributed by atoms with E-state index in [0.29, 0.717) is 12.4 Å². The molecule has 0 saturated carbocycles. The van der Waals surface area contributed by atoms with Gasteiger partial charge >= 0.3 is 0 Å². The summed E-state index contributed by atoms with van der Waals surface area (Å²) in [7, 11) is 0. The molecule has 0 radical (unpaired) electrons. The van der Waals surface area contributed by atoms with E-state index in [0.717, 1.165) is 38.5 Å². The third-order valence-electron chi connectivity index (χ3n) is 3.49. The summed E-state index contributed by atoms with van der Waals surface area (Å²) < 4.78 is 11.1. The Morgan fingerprint density at radius 2 is 1.86 bits per heavy atom. The van der Waals surface area contributed by atoms with Crippen molar-refractivity contribution in [2.24, 2.45) is 0 Å². The number of rotatable bonds is 12. The van der Waals surface area contributed by atoms with E-state index in [9.17, 15) is 0 Å². The van der Waals surface area contributed by atoms with Crippen LogP contribution < -0.4 is 14.8 Å². The predicted molar refractivity (Wildman–Crippen MR) is 89.7 cm³/mol. The first-order valence-electron chi connectivity index (χ1n) is 8.17. The SMILES string of the molecule is CCOc1cc(CNCCN(CC)CC)ccc1OCCO. The standard InChI is InChI=1S/C17H30N2O3/c1-4-19(5-2)10-9-18-14-15-7-8-16(22-12-11-20)17(13-15)21-6-3/h7-8,13,18,20H,4-6,9-12,14H2,1-3H3. The number of ether oxygens (including phenoxy) is 2. The first-order valence-corrected chi connectivity index (χ1v) is 8.17. The van der Waals surface area contributed by atoms with E-state index in [2.05, 4.69) is 24.1 Å². The number of hydrogen-bond donors (Lipinski definition) is 2. The van der Waals surface area contributed by atoms with E-state index in [1.165, 1.54) is 5.56 Å². The quantitative estimate of drug-likeness (QED) is 0.577. The summed E-state index contributed by atoms with van der Waals surface area (Å²) in [6, 6.07) is 5.93. The van der Waals surface area contributed by atoms with Crippen LogP contribution in [0.15, 0.2) is 18.2 Å². The van der Waals surface area contributed by atoms with E-state index < -0.39 is 0 Å². The van der Waals surface area contributed by atoms with E-state index in [1.54, 1.807) is 0 Å². The van der Waals surface area contributed by atoms with Gasteiger partial charge in [-0.25, -0.2) is 0 Å². The van der Waals surface area contributed by atoms with E-state index in [-0.39, 0.29) is 13.2 Å². The number of nitrogens with zero attached hydrogens (tertiary/aromatic N) is 1. The maximum atomic E-state index is 8.85. The molecule has 22 heavy (non-hydrogen) atoms. The van der Waals surface area contributed by atoms with Crippen molar-refractivity contribution in [2.75, 3.05) is 46.0 Å². The van der Waals surface area contributed by atoms with Crippen LogP contribution in [0.3, 0.4) is 0 Å². The Bertz CT molecular complexity index is 409. The van der Waals surface area contributed by atoms with Gasteiger partial charge in [-0.15, -0.1) is 0 Å². The molecule has 1 rings (SSSR count). The second kappa shape index (κ2) is 11.3. The first kappa shape index (κ1) is 18.7. The van der Waals surface area contributed by atoms with Gasteiger partial charge in [0, 0.05) is 19.6 Å². The highest BCUT2D eigenvalue weighted by Gasteiger charge is 2.06. The van der Waals surface area contributed by atoms with Crippen molar-refractivity contribution < 1.29 is 14.6 Å². The fraction of sp³-hybridized carbons (Fsp3) is 0.647. The van der Waals surface area contributed by atoms with Gasteiger partial charge in [-0.05, 0) is 37.7 Å². The second-order valence-corrected chi connectivity index (χ2v) is 4.99. The van der Waals surface area contributed by atoms with Gasteiger partial charge in [-0.3, -0.25) is 0 Å². The Morgan fingerprint density at radius 3 is 2.50 bits per heavy atom. The highest BCUT2D eigenvalue weighted by molar-refractivity contribution is 5.43. The minimum absolute atomic E-state index is 0.000227. The highest BCUT2D eigenvalue weighted by atomic mass is 16.5. The largest absolute Gasteiger partial charge is 0.490 e. The van der Waals surface area contributed by atoms with Gasteiger partial charge in [0.15, 0.2) is 11.5 Å². The summed E-state index contributed by atoms with van der Waals surface area (Å²) in [4.78, 5) is 2.39. The number of likely N-dealkylation sites (N-methyl/N-ethyl adjacent to an activating group) is 1. The van der Waals surface area contributed by atoms with Crippen LogP contribution in [0.5, 0.6) is 11.5 Å². The van der Waals surface area contributed by atoms with E-state index >= 15 is 0 Å². The molecule has 5 nitrogen and oxygen atoms in total. The molecule has 0 atom stereocenters. The minimum atomic E-state index is 0.000227. The minimum Gasteiger partial charge on any atom is -0.490 e. The third kappa shape index (κ3) is 6.64. The average molecular weight is 310 g/mol. The number of nitrogens with one attached hydrogen (secondary N) is 1. The lowest BCUT2D eigenvalue weighted by atomic mass is 10.2. The highest BCUT2D eigenvalue weighted by Crippen LogP contribution is 2.28. The average Bonchev–Trinajstić information content (AvgIpc) is 2.54.